The van der Waals surface area contributed by atoms with Gasteiger partial charge in [-0.3, -0.25) is 9.59 Å². The van der Waals surface area contributed by atoms with Crippen molar-refractivity contribution in [1.29, 1.82) is 0 Å². The number of hydrogen-bond donors (Lipinski definition) is 2. The molecular formula is C15H21N3O2S. The van der Waals surface area contributed by atoms with Crippen molar-refractivity contribution in [1.82, 2.24) is 4.90 Å². The molecule has 1 heterocycles. The zero-order chi connectivity index (χ0) is 15.5. The van der Waals surface area contributed by atoms with Crippen LogP contribution in [0.25, 0.3) is 0 Å². The number of nitrogens with two attached hydrogens (primary N) is 2. The summed E-state index contributed by atoms with van der Waals surface area (Å²) < 4.78 is -0.441. The van der Waals surface area contributed by atoms with E-state index >= 15 is 0 Å². The molecule has 0 saturated carbocycles. The Hall–Kier alpha value is -1.69. The Bertz CT molecular complexity index is 524. The van der Waals surface area contributed by atoms with Crippen molar-refractivity contribution >= 4 is 29.3 Å². The van der Waals surface area contributed by atoms with Crippen LogP contribution in [0.5, 0.6) is 0 Å². The second kappa shape index (κ2) is 6.39. The van der Waals surface area contributed by atoms with Crippen LogP contribution in [0.4, 0.5) is 5.69 Å². The molecule has 1 aliphatic heterocycles. The van der Waals surface area contributed by atoms with Crippen LogP contribution in [0.1, 0.15) is 25.3 Å². The summed E-state index contributed by atoms with van der Waals surface area (Å²) >= 11 is 1.66. The number of nitrogen functional groups attached to an aromatic ring is 1. The predicted molar refractivity (Wildman–Crippen MR) is 85.6 cm³/mol. The van der Waals surface area contributed by atoms with E-state index in [1.165, 1.54) is 0 Å². The van der Waals surface area contributed by atoms with Crippen molar-refractivity contribution in [2.45, 2.75) is 31.1 Å². The molecule has 0 bridgehead atoms. The fourth-order valence-electron chi connectivity index (χ4n) is 2.51. The maximum Gasteiger partial charge on any atom is 0.239 e. The molecule has 2 rings (SSSR count). The molecule has 6 heteroatoms. The first-order chi connectivity index (χ1) is 9.90. The Balaban J connectivity index is 2.15. The molecule has 1 aromatic rings. The lowest BCUT2D eigenvalue weighted by Crippen LogP contribution is -2.46. The van der Waals surface area contributed by atoms with Crippen LogP contribution in [-0.2, 0) is 16.1 Å². The van der Waals surface area contributed by atoms with Crippen LogP contribution in [0, 0.1) is 0 Å². The molecule has 1 aliphatic rings. The zero-order valence-electron chi connectivity index (χ0n) is 12.2. The van der Waals surface area contributed by atoms with Gasteiger partial charge < -0.3 is 16.4 Å². The van der Waals surface area contributed by atoms with Crippen LogP contribution in [0.3, 0.4) is 0 Å². The third kappa shape index (κ3) is 3.91. The number of thioether (sulfide) groups is 1. The number of carbonyl (C=O) groups is 2. The van der Waals surface area contributed by atoms with Crippen LogP contribution in [0.15, 0.2) is 24.3 Å². The SMILES string of the molecule is CC1(C(=O)N(CC(N)=O)Cc2ccc(N)cc2)CCCS1. The largest absolute Gasteiger partial charge is 0.399 e. The molecule has 0 aliphatic carbocycles. The van der Waals surface area contributed by atoms with Gasteiger partial charge in [0, 0.05) is 12.2 Å². The third-order valence-corrected chi connectivity index (χ3v) is 5.17. The number of anilines is 1. The zero-order valence-corrected chi connectivity index (χ0v) is 13.0. The van der Waals surface area contributed by atoms with E-state index in [0.717, 1.165) is 24.2 Å². The molecule has 0 aromatic heterocycles. The summed E-state index contributed by atoms with van der Waals surface area (Å²) in [5, 5.41) is 0. The molecule has 2 amide bonds. The predicted octanol–water partition coefficient (Wildman–Crippen LogP) is 1.37. The first-order valence-corrected chi connectivity index (χ1v) is 7.95. The summed E-state index contributed by atoms with van der Waals surface area (Å²) in [6.45, 7) is 2.27. The maximum absolute atomic E-state index is 12.7. The Morgan fingerprint density at radius 3 is 2.52 bits per heavy atom. The standard InChI is InChI=1S/C15H21N3O2S/c1-15(7-2-8-21-15)14(20)18(10-13(17)19)9-11-3-5-12(16)6-4-11/h3-6H,2,7-10,16H2,1H3,(H2,17,19). The molecule has 21 heavy (non-hydrogen) atoms. The van der Waals surface area contributed by atoms with E-state index < -0.39 is 10.7 Å². The fraction of sp³-hybridized carbons (Fsp3) is 0.467. The minimum Gasteiger partial charge on any atom is -0.399 e. The van der Waals surface area contributed by atoms with E-state index in [1.54, 1.807) is 28.8 Å². The Kier molecular flexibility index (Phi) is 4.77. The molecule has 5 nitrogen and oxygen atoms in total. The number of benzene rings is 1. The topological polar surface area (TPSA) is 89.4 Å². The van der Waals surface area contributed by atoms with Crippen molar-refractivity contribution in [3.05, 3.63) is 29.8 Å². The number of carbonyl (C=O) groups excluding carboxylic acids is 2. The summed E-state index contributed by atoms with van der Waals surface area (Å²) in [6, 6.07) is 7.30. The van der Waals surface area contributed by atoms with Crippen molar-refractivity contribution in [3.63, 3.8) is 0 Å². The normalized spacial score (nSPS) is 21.2. The summed E-state index contributed by atoms with van der Waals surface area (Å²) in [5.74, 6) is 0.472. The van der Waals surface area contributed by atoms with Gasteiger partial charge in [-0.05, 0) is 43.2 Å². The average molecular weight is 307 g/mol. The highest BCUT2D eigenvalue weighted by Crippen LogP contribution is 2.39. The number of rotatable bonds is 5. The molecule has 1 unspecified atom stereocenters. The van der Waals surface area contributed by atoms with Gasteiger partial charge in [0.05, 0.1) is 11.3 Å². The van der Waals surface area contributed by atoms with Gasteiger partial charge in [-0.25, -0.2) is 0 Å². The summed E-state index contributed by atoms with van der Waals surface area (Å²) in [4.78, 5) is 25.6. The van der Waals surface area contributed by atoms with Crippen molar-refractivity contribution in [3.8, 4) is 0 Å². The average Bonchev–Trinajstić information content (AvgIpc) is 2.87. The number of amides is 2. The Labute approximate surface area is 129 Å². The minimum atomic E-state index is -0.495. The molecule has 1 saturated heterocycles. The van der Waals surface area contributed by atoms with Crippen LogP contribution in [0.2, 0.25) is 0 Å². The summed E-state index contributed by atoms with van der Waals surface area (Å²) in [6.07, 6.45) is 1.87. The van der Waals surface area contributed by atoms with Gasteiger partial charge >= 0.3 is 0 Å². The number of hydrogen-bond acceptors (Lipinski definition) is 4. The fourth-order valence-corrected chi connectivity index (χ4v) is 3.79. The van der Waals surface area contributed by atoms with Crippen molar-refractivity contribution in [2.24, 2.45) is 5.73 Å². The highest BCUT2D eigenvalue weighted by molar-refractivity contribution is 8.01. The molecule has 4 N–H and O–H groups in total. The maximum atomic E-state index is 12.7. The third-order valence-electron chi connectivity index (χ3n) is 3.66. The van der Waals surface area contributed by atoms with Gasteiger partial charge in [-0.2, -0.15) is 0 Å². The van der Waals surface area contributed by atoms with E-state index in [-0.39, 0.29) is 12.5 Å². The highest BCUT2D eigenvalue weighted by atomic mass is 32.2. The highest BCUT2D eigenvalue weighted by Gasteiger charge is 2.40. The summed E-state index contributed by atoms with van der Waals surface area (Å²) in [5.41, 5.74) is 12.6. The van der Waals surface area contributed by atoms with Gasteiger partial charge in [0.2, 0.25) is 11.8 Å². The molecule has 0 spiro atoms. The molecule has 1 aromatic carbocycles. The van der Waals surface area contributed by atoms with Crippen LogP contribution in [-0.4, -0.2) is 33.8 Å². The van der Waals surface area contributed by atoms with Crippen molar-refractivity contribution in [2.75, 3.05) is 18.0 Å². The molecular weight excluding hydrogens is 286 g/mol. The van der Waals surface area contributed by atoms with Gasteiger partial charge in [0.25, 0.3) is 0 Å². The van der Waals surface area contributed by atoms with E-state index in [0.29, 0.717) is 12.2 Å². The van der Waals surface area contributed by atoms with E-state index in [1.807, 2.05) is 19.1 Å². The number of nitrogens with zero attached hydrogens (tertiary/aromatic N) is 1. The minimum absolute atomic E-state index is 0.0133. The van der Waals surface area contributed by atoms with E-state index in [4.69, 9.17) is 11.5 Å². The van der Waals surface area contributed by atoms with Gasteiger partial charge in [-0.15, -0.1) is 11.8 Å². The van der Waals surface area contributed by atoms with Crippen LogP contribution < -0.4 is 11.5 Å². The molecule has 1 fully saturated rings. The van der Waals surface area contributed by atoms with Crippen LogP contribution >= 0.6 is 11.8 Å². The molecule has 0 radical (unpaired) electrons. The molecule has 1 atom stereocenters. The van der Waals surface area contributed by atoms with Gasteiger partial charge in [0.15, 0.2) is 0 Å². The first kappa shape index (κ1) is 15.7. The number of primary amides is 1. The monoisotopic (exact) mass is 307 g/mol. The lowest BCUT2D eigenvalue weighted by Gasteiger charge is -2.30. The van der Waals surface area contributed by atoms with Crippen molar-refractivity contribution < 1.29 is 9.59 Å². The Morgan fingerprint density at radius 1 is 1.33 bits per heavy atom. The van der Waals surface area contributed by atoms with Gasteiger partial charge in [0.1, 0.15) is 0 Å². The lowest BCUT2D eigenvalue weighted by atomic mass is 10.0. The van der Waals surface area contributed by atoms with E-state index in [2.05, 4.69) is 0 Å². The lowest BCUT2D eigenvalue weighted by molar-refractivity contribution is -0.137. The summed E-state index contributed by atoms with van der Waals surface area (Å²) in [7, 11) is 0. The smallest absolute Gasteiger partial charge is 0.239 e. The Morgan fingerprint density at radius 2 is 2.00 bits per heavy atom. The second-order valence-corrected chi connectivity index (χ2v) is 7.15. The second-order valence-electron chi connectivity index (χ2n) is 5.55. The van der Waals surface area contributed by atoms with E-state index in [9.17, 15) is 9.59 Å². The van der Waals surface area contributed by atoms with Gasteiger partial charge in [-0.1, -0.05) is 12.1 Å². The quantitative estimate of drug-likeness (QED) is 0.804. The molecule has 114 valence electrons. The first-order valence-electron chi connectivity index (χ1n) is 6.97.